The number of halogens is 1. The van der Waals surface area contributed by atoms with E-state index in [1.165, 1.54) is 19.3 Å². The molecule has 28 heavy (non-hydrogen) atoms. The number of rotatable bonds is 5. The SMILES string of the molecule is COC1(C(=O)N[C@@H]2CC[C@H](NC(=O)c3ccc(Br)cc3)C2)CCCCCCC1. The predicted octanol–water partition coefficient (Wildman–Crippen LogP) is 4.35. The van der Waals surface area contributed by atoms with Crippen molar-refractivity contribution >= 4 is 27.7 Å². The summed E-state index contributed by atoms with van der Waals surface area (Å²) in [7, 11) is 1.66. The fourth-order valence-corrected chi connectivity index (χ4v) is 4.70. The maximum absolute atomic E-state index is 13.0. The molecule has 6 heteroatoms. The van der Waals surface area contributed by atoms with Crippen LogP contribution in [0.5, 0.6) is 0 Å². The number of methoxy groups -OCH3 is 1. The molecule has 2 atom stereocenters. The zero-order valence-electron chi connectivity index (χ0n) is 16.6. The van der Waals surface area contributed by atoms with Crippen molar-refractivity contribution in [2.75, 3.05) is 7.11 Å². The second-order valence-electron chi connectivity index (χ2n) is 8.13. The Labute approximate surface area is 176 Å². The van der Waals surface area contributed by atoms with Gasteiger partial charge in [-0.15, -0.1) is 0 Å². The number of benzene rings is 1. The normalized spacial score (nSPS) is 24.8. The van der Waals surface area contributed by atoms with Crippen LogP contribution < -0.4 is 10.6 Å². The molecule has 154 valence electrons. The van der Waals surface area contributed by atoms with Crippen molar-refractivity contribution in [2.45, 2.75) is 81.9 Å². The van der Waals surface area contributed by atoms with Crippen molar-refractivity contribution < 1.29 is 14.3 Å². The van der Waals surface area contributed by atoms with Crippen LogP contribution in [0.15, 0.2) is 28.7 Å². The van der Waals surface area contributed by atoms with Crippen molar-refractivity contribution in [3.63, 3.8) is 0 Å². The third-order valence-corrected chi connectivity index (χ3v) is 6.70. The second-order valence-corrected chi connectivity index (χ2v) is 9.04. The number of amides is 2. The minimum absolute atomic E-state index is 0.0294. The van der Waals surface area contributed by atoms with Gasteiger partial charge in [-0.3, -0.25) is 9.59 Å². The van der Waals surface area contributed by atoms with Gasteiger partial charge in [0.15, 0.2) is 0 Å². The molecule has 2 aliphatic carbocycles. The Morgan fingerprint density at radius 1 is 0.964 bits per heavy atom. The lowest BCUT2D eigenvalue weighted by Crippen LogP contribution is -2.51. The summed E-state index contributed by atoms with van der Waals surface area (Å²) in [5.74, 6) is -0.0281. The van der Waals surface area contributed by atoms with Gasteiger partial charge >= 0.3 is 0 Å². The minimum Gasteiger partial charge on any atom is -0.368 e. The van der Waals surface area contributed by atoms with E-state index in [1.807, 2.05) is 24.3 Å². The minimum atomic E-state index is -0.681. The van der Waals surface area contributed by atoms with E-state index in [-0.39, 0.29) is 23.9 Å². The van der Waals surface area contributed by atoms with Crippen LogP contribution in [0.4, 0.5) is 0 Å². The molecule has 0 spiro atoms. The van der Waals surface area contributed by atoms with Crippen molar-refractivity contribution in [1.29, 1.82) is 0 Å². The van der Waals surface area contributed by atoms with Crippen LogP contribution in [0.2, 0.25) is 0 Å². The lowest BCUT2D eigenvalue weighted by molar-refractivity contribution is -0.147. The average molecular weight is 451 g/mol. The van der Waals surface area contributed by atoms with Gasteiger partial charge in [-0.25, -0.2) is 0 Å². The molecular weight excluding hydrogens is 420 g/mol. The summed E-state index contributed by atoms with van der Waals surface area (Å²) in [6.45, 7) is 0. The van der Waals surface area contributed by atoms with E-state index in [4.69, 9.17) is 4.74 Å². The Morgan fingerprint density at radius 3 is 2.14 bits per heavy atom. The molecule has 0 radical (unpaired) electrons. The molecule has 0 aliphatic heterocycles. The van der Waals surface area contributed by atoms with Gasteiger partial charge in [0.1, 0.15) is 5.60 Å². The molecule has 2 saturated carbocycles. The summed E-state index contributed by atoms with van der Waals surface area (Å²) in [4.78, 5) is 25.4. The molecule has 2 fully saturated rings. The molecule has 0 unspecified atom stereocenters. The number of hydrogen-bond acceptors (Lipinski definition) is 3. The van der Waals surface area contributed by atoms with Gasteiger partial charge in [0.2, 0.25) is 0 Å². The van der Waals surface area contributed by atoms with E-state index in [2.05, 4.69) is 26.6 Å². The third kappa shape index (κ3) is 5.35. The molecule has 0 saturated heterocycles. The monoisotopic (exact) mass is 450 g/mol. The van der Waals surface area contributed by atoms with Gasteiger partial charge < -0.3 is 15.4 Å². The lowest BCUT2D eigenvalue weighted by atomic mass is 9.85. The molecule has 2 aliphatic rings. The van der Waals surface area contributed by atoms with Crippen LogP contribution in [0.1, 0.15) is 74.6 Å². The number of nitrogens with one attached hydrogen (secondary N) is 2. The summed E-state index contributed by atoms with van der Waals surface area (Å²) in [5.41, 5.74) is -0.0253. The molecule has 1 aromatic rings. The highest BCUT2D eigenvalue weighted by Crippen LogP contribution is 2.30. The summed E-state index contributed by atoms with van der Waals surface area (Å²) in [5, 5.41) is 6.32. The number of ether oxygens (including phenoxy) is 1. The number of hydrogen-bond donors (Lipinski definition) is 2. The van der Waals surface area contributed by atoms with Gasteiger partial charge in [-0.2, -0.15) is 0 Å². The highest BCUT2D eigenvalue weighted by molar-refractivity contribution is 9.10. The van der Waals surface area contributed by atoms with E-state index in [9.17, 15) is 9.59 Å². The van der Waals surface area contributed by atoms with Gasteiger partial charge in [-0.1, -0.05) is 48.0 Å². The molecule has 0 heterocycles. The van der Waals surface area contributed by atoms with Crippen LogP contribution >= 0.6 is 15.9 Å². The first-order chi connectivity index (χ1) is 13.5. The van der Waals surface area contributed by atoms with Gasteiger partial charge in [0.25, 0.3) is 11.8 Å². The Morgan fingerprint density at radius 2 is 1.54 bits per heavy atom. The Hall–Kier alpha value is -1.40. The van der Waals surface area contributed by atoms with Crippen LogP contribution in [0.3, 0.4) is 0 Å². The zero-order valence-corrected chi connectivity index (χ0v) is 18.2. The van der Waals surface area contributed by atoms with Gasteiger partial charge in [-0.05, 0) is 56.4 Å². The molecule has 1 aromatic carbocycles. The first-order valence-electron chi connectivity index (χ1n) is 10.4. The standard InChI is InChI=1S/C22H31BrN2O3/c1-28-22(13-5-3-2-4-6-14-22)21(27)25-19-12-11-18(15-19)24-20(26)16-7-9-17(23)10-8-16/h7-10,18-19H,2-6,11-15H2,1H3,(H,24,26)(H,25,27)/t18-,19+/m0/s1. The fourth-order valence-electron chi connectivity index (χ4n) is 4.43. The largest absolute Gasteiger partial charge is 0.368 e. The van der Waals surface area contributed by atoms with Crippen LogP contribution in [-0.2, 0) is 9.53 Å². The first kappa shape index (κ1) is 21.3. The maximum Gasteiger partial charge on any atom is 0.252 e. The smallest absolute Gasteiger partial charge is 0.252 e. The highest BCUT2D eigenvalue weighted by atomic mass is 79.9. The molecular formula is C22H31BrN2O3. The van der Waals surface area contributed by atoms with Crippen LogP contribution in [0, 0.1) is 0 Å². The summed E-state index contributed by atoms with van der Waals surface area (Å²) < 4.78 is 6.71. The van der Waals surface area contributed by atoms with E-state index >= 15 is 0 Å². The molecule has 0 aromatic heterocycles. The maximum atomic E-state index is 13.0. The molecule has 2 N–H and O–H groups in total. The van der Waals surface area contributed by atoms with Crippen molar-refractivity contribution in [2.24, 2.45) is 0 Å². The van der Waals surface area contributed by atoms with Crippen LogP contribution in [0.25, 0.3) is 0 Å². The molecule has 0 bridgehead atoms. The quantitative estimate of drug-likeness (QED) is 0.700. The van der Waals surface area contributed by atoms with Gasteiger partial charge in [0, 0.05) is 29.2 Å². The zero-order chi connectivity index (χ0) is 20.0. The van der Waals surface area contributed by atoms with Crippen molar-refractivity contribution in [3.05, 3.63) is 34.3 Å². The van der Waals surface area contributed by atoms with E-state index in [0.29, 0.717) is 5.56 Å². The number of carbonyl (C=O) groups is 2. The van der Waals surface area contributed by atoms with Crippen LogP contribution in [-0.4, -0.2) is 36.6 Å². The lowest BCUT2D eigenvalue weighted by Gasteiger charge is -2.33. The molecule has 2 amide bonds. The first-order valence-corrected chi connectivity index (χ1v) is 11.2. The van der Waals surface area contributed by atoms with Crippen molar-refractivity contribution in [1.82, 2.24) is 10.6 Å². The van der Waals surface area contributed by atoms with E-state index in [1.54, 1.807) is 7.11 Å². The average Bonchev–Trinajstić information content (AvgIpc) is 3.09. The third-order valence-electron chi connectivity index (χ3n) is 6.18. The summed E-state index contributed by atoms with van der Waals surface area (Å²) >= 11 is 3.38. The summed E-state index contributed by atoms with van der Waals surface area (Å²) in [6, 6.07) is 7.55. The molecule has 3 rings (SSSR count). The number of carbonyl (C=O) groups excluding carboxylic acids is 2. The van der Waals surface area contributed by atoms with E-state index < -0.39 is 5.60 Å². The topological polar surface area (TPSA) is 67.4 Å². The highest BCUT2D eigenvalue weighted by Gasteiger charge is 2.40. The Balaban J connectivity index is 1.52. The fraction of sp³-hybridized carbons (Fsp3) is 0.636. The van der Waals surface area contributed by atoms with E-state index in [0.717, 1.165) is 49.4 Å². The second kappa shape index (κ2) is 9.88. The summed E-state index contributed by atoms with van der Waals surface area (Å²) in [6.07, 6.45) is 9.81. The van der Waals surface area contributed by atoms with Crippen molar-refractivity contribution in [3.8, 4) is 0 Å². The Bertz CT molecular complexity index is 669. The Kier molecular flexibility index (Phi) is 7.52. The molecule has 5 nitrogen and oxygen atoms in total. The predicted molar refractivity (Wildman–Crippen MR) is 113 cm³/mol. The van der Waals surface area contributed by atoms with Gasteiger partial charge in [0.05, 0.1) is 0 Å².